The molecule has 2 aromatic carbocycles. The monoisotopic (exact) mass is 585 g/mol. The predicted molar refractivity (Wildman–Crippen MR) is 153 cm³/mol. The number of rotatable bonds is 14. The summed E-state index contributed by atoms with van der Waals surface area (Å²) in [5.74, 6) is 0.430. The smallest absolute Gasteiger partial charge is 0.242 e. The summed E-state index contributed by atoms with van der Waals surface area (Å²) in [4.78, 5) is 28.2. The van der Waals surface area contributed by atoms with Gasteiger partial charge in [-0.1, -0.05) is 56.1 Å². The number of nitrogens with zero attached hydrogens (tertiary/aromatic N) is 2. The Morgan fingerprint density at radius 2 is 1.82 bits per heavy atom. The molecule has 38 heavy (non-hydrogen) atoms. The lowest BCUT2D eigenvalue weighted by atomic mass is 10.1. The van der Waals surface area contributed by atoms with Gasteiger partial charge in [-0.15, -0.1) is 0 Å². The van der Waals surface area contributed by atoms with E-state index in [0.29, 0.717) is 23.7 Å². The van der Waals surface area contributed by atoms with Crippen LogP contribution in [0.1, 0.15) is 45.6 Å². The molecular formula is C27H37Cl2N3O5S. The van der Waals surface area contributed by atoms with E-state index in [2.05, 4.69) is 5.32 Å². The van der Waals surface area contributed by atoms with Crippen molar-refractivity contribution in [3.8, 4) is 5.75 Å². The second-order valence-corrected chi connectivity index (χ2v) is 12.2. The summed E-state index contributed by atoms with van der Waals surface area (Å²) in [5, 5.41) is 3.51. The molecule has 11 heteroatoms. The molecule has 0 saturated carbocycles. The van der Waals surface area contributed by atoms with Gasteiger partial charge in [-0.2, -0.15) is 0 Å². The van der Waals surface area contributed by atoms with E-state index in [9.17, 15) is 18.0 Å². The fraction of sp³-hybridized carbons (Fsp3) is 0.481. The molecule has 0 saturated heterocycles. The van der Waals surface area contributed by atoms with E-state index in [1.165, 1.54) is 12.1 Å². The van der Waals surface area contributed by atoms with Crippen LogP contribution in [0.4, 0.5) is 5.69 Å². The lowest BCUT2D eigenvalue weighted by Crippen LogP contribution is -2.49. The van der Waals surface area contributed by atoms with Crippen LogP contribution in [-0.2, 0) is 26.2 Å². The van der Waals surface area contributed by atoms with Crippen molar-refractivity contribution >= 4 is 50.7 Å². The molecule has 0 aromatic heterocycles. The van der Waals surface area contributed by atoms with Gasteiger partial charge in [-0.3, -0.25) is 13.9 Å². The molecule has 0 aliphatic carbocycles. The first-order valence-electron chi connectivity index (χ1n) is 12.5. The molecule has 0 spiro atoms. The van der Waals surface area contributed by atoms with Crippen LogP contribution in [0.3, 0.4) is 0 Å². The average molecular weight is 587 g/mol. The SMILES string of the molecule is CC[C@H](C(=O)NCC(C)C)N(Cc1cccc(OC)c1)C(=O)CCCN(c1cc(Cl)ccc1Cl)S(C)(=O)=O. The number of methoxy groups -OCH3 is 1. The average Bonchev–Trinajstić information content (AvgIpc) is 2.86. The summed E-state index contributed by atoms with van der Waals surface area (Å²) >= 11 is 12.3. The summed E-state index contributed by atoms with van der Waals surface area (Å²) < 4.78 is 31.5. The standard InChI is InChI=1S/C27H37Cl2N3O5S/c1-6-24(27(34)30-17-19(2)3)31(18-20-9-7-10-22(15-20)37-4)26(33)11-8-14-32(38(5,35)36)25-16-21(28)12-13-23(25)29/h7,9-10,12-13,15-16,19,24H,6,8,11,14,17-18H2,1-5H3,(H,30,34)/t24-/m1/s1. The lowest BCUT2D eigenvalue weighted by molar-refractivity contribution is -0.141. The van der Waals surface area contributed by atoms with Gasteiger partial charge in [-0.25, -0.2) is 8.42 Å². The van der Waals surface area contributed by atoms with E-state index in [1.807, 2.05) is 45.0 Å². The molecule has 0 aliphatic rings. The summed E-state index contributed by atoms with van der Waals surface area (Å²) in [5.41, 5.74) is 1.07. The van der Waals surface area contributed by atoms with Crippen LogP contribution in [0, 0.1) is 5.92 Å². The summed E-state index contributed by atoms with van der Waals surface area (Å²) in [7, 11) is -2.13. The highest BCUT2D eigenvalue weighted by molar-refractivity contribution is 7.92. The van der Waals surface area contributed by atoms with E-state index in [4.69, 9.17) is 27.9 Å². The van der Waals surface area contributed by atoms with Crippen molar-refractivity contribution in [2.24, 2.45) is 5.92 Å². The van der Waals surface area contributed by atoms with E-state index in [0.717, 1.165) is 16.1 Å². The predicted octanol–water partition coefficient (Wildman–Crippen LogP) is 5.13. The van der Waals surface area contributed by atoms with Crippen LogP contribution in [0.5, 0.6) is 5.75 Å². The molecule has 8 nitrogen and oxygen atoms in total. The first-order valence-corrected chi connectivity index (χ1v) is 15.1. The van der Waals surface area contributed by atoms with E-state index >= 15 is 0 Å². The Labute approximate surface area is 236 Å². The second-order valence-electron chi connectivity index (χ2n) is 9.47. The van der Waals surface area contributed by atoms with Crippen LogP contribution < -0.4 is 14.4 Å². The molecule has 210 valence electrons. The highest BCUT2D eigenvalue weighted by Gasteiger charge is 2.29. The van der Waals surface area contributed by atoms with Crippen LogP contribution in [-0.4, -0.2) is 57.6 Å². The molecule has 0 fully saturated rings. The van der Waals surface area contributed by atoms with Gasteiger partial charge in [0.15, 0.2) is 0 Å². The summed E-state index contributed by atoms with van der Waals surface area (Å²) in [6.07, 6.45) is 1.75. The van der Waals surface area contributed by atoms with Crippen molar-refractivity contribution in [2.75, 3.05) is 30.8 Å². The van der Waals surface area contributed by atoms with Crippen molar-refractivity contribution in [1.82, 2.24) is 10.2 Å². The van der Waals surface area contributed by atoms with Crippen molar-refractivity contribution < 1.29 is 22.7 Å². The van der Waals surface area contributed by atoms with Crippen molar-refractivity contribution in [3.63, 3.8) is 0 Å². The maximum absolute atomic E-state index is 13.5. The van der Waals surface area contributed by atoms with Gasteiger partial charge in [0.1, 0.15) is 11.8 Å². The Bertz CT molecular complexity index is 1210. The molecule has 1 atom stereocenters. The molecule has 0 aliphatic heterocycles. The zero-order valence-corrected chi connectivity index (χ0v) is 24.9. The third-order valence-electron chi connectivity index (χ3n) is 5.89. The number of sulfonamides is 1. The van der Waals surface area contributed by atoms with Gasteiger partial charge in [0.2, 0.25) is 21.8 Å². The zero-order valence-electron chi connectivity index (χ0n) is 22.5. The number of nitrogens with one attached hydrogen (secondary N) is 1. The topological polar surface area (TPSA) is 96.0 Å². The third kappa shape index (κ3) is 9.36. The van der Waals surface area contributed by atoms with E-state index in [-0.39, 0.29) is 54.4 Å². The van der Waals surface area contributed by atoms with Crippen molar-refractivity contribution in [3.05, 3.63) is 58.1 Å². The largest absolute Gasteiger partial charge is 0.497 e. The second kappa shape index (κ2) is 14.6. The molecule has 0 unspecified atom stereocenters. The van der Waals surface area contributed by atoms with Crippen molar-refractivity contribution in [2.45, 2.75) is 52.6 Å². The minimum Gasteiger partial charge on any atom is -0.497 e. The zero-order chi connectivity index (χ0) is 28.5. The molecule has 1 N–H and O–H groups in total. The van der Waals surface area contributed by atoms with E-state index < -0.39 is 16.1 Å². The molecule has 2 amide bonds. The summed E-state index contributed by atoms with van der Waals surface area (Å²) in [6.45, 7) is 6.59. The molecule has 0 bridgehead atoms. The number of carbonyl (C=O) groups excluding carboxylic acids is 2. The highest BCUT2D eigenvalue weighted by Crippen LogP contribution is 2.31. The first kappa shape index (κ1) is 31.7. The molecular weight excluding hydrogens is 549 g/mol. The Kier molecular flexibility index (Phi) is 12.2. The Morgan fingerprint density at radius 3 is 2.42 bits per heavy atom. The number of anilines is 1. The number of amides is 2. The van der Waals surface area contributed by atoms with Gasteiger partial charge in [-0.05, 0) is 54.7 Å². The van der Waals surface area contributed by atoms with Crippen LogP contribution in [0.15, 0.2) is 42.5 Å². The maximum atomic E-state index is 13.5. The number of carbonyl (C=O) groups is 2. The fourth-order valence-corrected chi connectivity index (χ4v) is 5.37. The normalized spacial score (nSPS) is 12.2. The minimum atomic E-state index is -3.69. The number of hydrogen-bond donors (Lipinski definition) is 1. The summed E-state index contributed by atoms with van der Waals surface area (Å²) in [6, 6.07) is 11.2. The Hall–Kier alpha value is -2.49. The van der Waals surface area contributed by atoms with Crippen LogP contribution >= 0.6 is 23.2 Å². The molecule has 0 heterocycles. The number of ether oxygens (including phenoxy) is 1. The van der Waals surface area contributed by atoms with Crippen LogP contribution in [0.2, 0.25) is 10.0 Å². The van der Waals surface area contributed by atoms with Gasteiger partial charge in [0.05, 0.1) is 24.1 Å². The van der Waals surface area contributed by atoms with Gasteiger partial charge < -0.3 is 15.0 Å². The lowest BCUT2D eigenvalue weighted by Gasteiger charge is -2.31. The highest BCUT2D eigenvalue weighted by atomic mass is 35.5. The molecule has 2 rings (SSSR count). The fourth-order valence-electron chi connectivity index (χ4n) is 3.97. The first-order chi connectivity index (χ1) is 17.9. The van der Waals surface area contributed by atoms with Crippen LogP contribution in [0.25, 0.3) is 0 Å². The molecule has 2 aromatic rings. The Morgan fingerprint density at radius 1 is 1.11 bits per heavy atom. The number of hydrogen-bond acceptors (Lipinski definition) is 5. The third-order valence-corrected chi connectivity index (χ3v) is 7.62. The number of halogens is 2. The van der Waals surface area contributed by atoms with Gasteiger partial charge >= 0.3 is 0 Å². The Balaban J connectivity index is 2.26. The van der Waals surface area contributed by atoms with E-state index in [1.54, 1.807) is 18.1 Å². The number of benzene rings is 2. The van der Waals surface area contributed by atoms with Gasteiger partial charge in [0, 0.05) is 31.1 Å². The quantitative estimate of drug-likeness (QED) is 0.331. The maximum Gasteiger partial charge on any atom is 0.242 e. The molecule has 0 radical (unpaired) electrons. The van der Waals surface area contributed by atoms with Crippen molar-refractivity contribution in [1.29, 1.82) is 0 Å². The van der Waals surface area contributed by atoms with Gasteiger partial charge in [0.25, 0.3) is 0 Å². The minimum absolute atomic E-state index is 0.0218.